The number of carbonyl (C=O) groups is 2. The van der Waals surface area contributed by atoms with Gasteiger partial charge in [-0.3, -0.25) is 14.5 Å². The number of fused-ring (bicyclic) bond motifs is 1. The zero-order valence-electron chi connectivity index (χ0n) is 17.3. The first-order valence-corrected chi connectivity index (χ1v) is 11.7. The van der Waals surface area contributed by atoms with Crippen molar-refractivity contribution < 1.29 is 22.7 Å². The molecule has 1 saturated heterocycles. The molecule has 2 aliphatic heterocycles. The third-order valence-corrected chi connectivity index (χ3v) is 7.38. The van der Waals surface area contributed by atoms with Crippen LogP contribution in [0.15, 0.2) is 47.4 Å². The van der Waals surface area contributed by atoms with Gasteiger partial charge in [-0.25, -0.2) is 8.42 Å². The Balaban J connectivity index is 1.52. The summed E-state index contributed by atoms with van der Waals surface area (Å²) in [4.78, 5) is 26.4. The number of amides is 2. The van der Waals surface area contributed by atoms with Crippen molar-refractivity contribution in [3.05, 3.63) is 53.6 Å². The van der Waals surface area contributed by atoms with Crippen molar-refractivity contribution in [1.82, 2.24) is 9.62 Å². The molecule has 2 heterocycles. The minimum Gasteiger partial charge on any atom is -0.482 e. The topological polar surface area (TPSA) is 96.0 Å². The van der Waals surface area contributed by atoms with Crippen molar-refractivity contribution in [3.63, 3.8) is 0 Å². The fourth-order valence-corrected chi connectivity index (χ4v) is 5.24. The van der Waals surface area contributed by atoms with Crippen LogP contribution in [0.25, 0.3) is 0 Å². The molecule has 31 heavy (non-hydrogen) atoms. The first-order chi connectivity index (χ1) is 14.8. The summed E-state index contributed by atoms with van der Waals surface area (Å²) in [7, 11) is -3.65. The van der Waals surface area contributed by atoms with E-state index in [1.165, 1.54) is 21.3 Å². The highest BCUT2D eigenvalue weighted by Gasteiger charge is 2.32. The van der Waals surface area contributed by atoms with Gasteiger partial charge in [-0.1, -0.05) is 29.8 Å². The monoisotopic (exact) mass is 443 g/mol. The van der Waals surface area contributed by atoms with E-state index in [0.29, 0.717) is 31.1 Å². The standard InChI is InChI=1S/C22H25N3O5S/c1-16-4-6-17(7-5-16)13-23-21(26)14-25-19-12-18(8-9-20(19)30-15-22(25)27)31(28,29)24-10-2-3-11-24/h4-9,12H,2-3,10-11,13-15H2,1H3,(H,23,26). The summed E-state index contributed by atoms with van der Waals surface area (Å²) in [5, 5.41) is 2.81. The molecule has 1 fully saturated rings. The van der Waals surface area contributed by atoms with Crippen LogP contribution in [0.4, 0.5) is 5.69 Å². The maximum Gasteiger partial charge on any atom is 0.265 e. The van der Waals surface area contributed by atoms with Gasteiger partial charge in [0.05, 0.1) is 10.6 Å². The van der Waals surface area contributed by atoms with Gasteiger partial charge in [0.2, 0.25) is 15.9 Å². The molecule has 0 radical (unpaired) electrons. The minimum absolute atomic E-state index is 0.0940. The molecule has 1 N–H and O–H groups in total. The van der Waals surface area contributed by atoms with E-state index in [-0.39, 0.29) is 24.0 Å². The van der Waals surface area contributed by atoms with Crippen LogP contribution in [-0.2, 0) is 26.2 Å². The van der Waals surface area contributed by atoms with Gasteiger partial charge in [0.15, 0.2) is 6.61 Å². The Morgan fingerprint density at radius 1 is 1.10 bits per heavy atom. The number of carbonyl (C=O) groups excluding carboxylic acids is 2. The lowest BCUT2D eigenvalue weighted by molar-refractivity contribution is -0.125. The summed E-state index contributed by atoms with van der Waals surface area (Å²) >= 11 is 0. The van der Waals surface area contributed by atoms with Gasteiger partial charge >= 0.3 is 0 Å². The SMILES string of the molecule is Cc1ccc(CNC(=O)CN2C(=O)COc3ccc(S(=O)(=O)N4CCCC4)cc32)cc1. The predicted molar refractivity (Wildman–Crippen MR) is 115 cm³/mol. The van der Waals surface area contributed by atoms with E-state index in [4.69, 9.17) is 4.74 Å². The minimum atomic E-state index is -3.65. The molecule has 9 heteroatoms. The number of nitrogens with zero attached hydrogens (tertiary/aromatic N) is 2. The van der Waals surface area contributed by atoms with E-state index in [1.807, 2.05) is 31.2 Å². The average Bonchev–Trinajstić information content (AvgIpc) is 3.31. The van der Waals surface area contributed by atoms with E-state index in [1.54, 1.807) is 6.07 Å². The summed E-state index contributed by atoms with van der Waals surface area (Å²) in [6, 6.07) is 12.2. The smallest absolute Gasteiger partial charge is 0.265 e. The average molecular weight is 444 g/mol. The van der Waals surface area contributed by atoms with Crippen molar-refractivity contribution >= 4 is 27.5 Å². The molecule has 0 saturated carbocycles. The predicted octanol–water partition coefficient (Wildman–Crippen LogP) is 1.82. The maximum atomic E-state index is 12.9. The number of anilines is 1. The lowest BCUT2D eigenvalue weighted by Gasteiger charge is -2.29. The largest absolute Gasteiger partial charge is 0.482 e. The molecule has 4 rings (SSSR count). The molecule has 0 aliphatic carbocycles. The number of ether oxygens (including phenoxy) is 1. The second-order valence-electron chi connectivity index (χ2n) is 7.77. The lowest BCUT2D eigenvalue weighted by atomic mass is 10.1. The number of rotatable bonds is 6. The highest BCUT2D eigenvalue weighted by atomic mass is 32.2. The van der Waals surface area contributed by atoms with E-state index in [9.17, 15) is 18.0 Å². The normalized spacial score (nSPS) is 16.7. The maximum absolute atomic E-state index is 12.9. The number of hydrogen-bond donors (Lipinski definition) is 1. The van der Waals surface area contributed by atoms with E-state index < -0.39 is 15.9 Å². The Morgan fingerprint density at radius 3 is 2.52 bits per heavy atom. The molecule has 0 unspecified atom stereocenters. The fraction of sp³-hybridized carbons (Fsp3) is 0.364. The van der Waals surface area contributed by atoms with Crippen LogP contribution in [0, 0.1) is 6.92 Å². The van der Waals surface area contributed by atoms with Crippen molar-refractivity contribution in [2.75, 3.05) is 31.1 Å². The molecule has 8 nitrogen and oxygen atoms in total. The fourth-order valence-electron chi connectivity index (χ4n) is 3.70. The molecular formula is C22H25N3O5S. The molecule has 2 aromatic rings. The Bertz CT molecular complexity index is 1090. The Hall–Kier alpha value is -2.91. The number of benzene rings is 2. The Morgan fingerprint density at radius 2 is 1.81 bits per heavy atom. The summed E-state index contributed by atoms with van der Waals surface area (Å²) in [6.07, 6.45) is 1.66. The summed E-state index contributed by atoms with van der Waals surface area (Å²) in [6.45, 7) is 2.89. The lowest BCUT2D eigenvalue weighted by Crippen LogP contribution is -2.45. The van der Waals surface area contributed by atoms with Gasteiger partial charge in [0, 0.05) is 19.6 Å². The van der Waals surface area contributed by atoms with Crippen LogP contribution in [0.3, 0.4) is 0 Å². The molecule has 0 spiro atoms. The molecule has 164 valence electrons. The summed E-state index contributed by atoms with van der Waals surface area (Å²) in [5.41, 5.74) is 2.37. The molecule has 0 atom stereocenters. The third-order valence-electron chi connectivity index (χ3n) is 5.49. The van der Waals surface area contributed by atoms with Gasteiger partial charge in [0.25, 0.3) is 5.91 Å². The summed E-state index contributed by atoms with van der Waals surface area (Å²) in [5.74, 6) is -0.352. The van der Waals surface area contributed by atoms with Crippen LogP contribution in [0.2, 0.25) is 0 Å². The van der Waals surface area contributed by atoms with Gasteiger partial charge in [-0.05, 0) is 43.5 Å². The third kappa shape index (κ3) is 4.57. The molecule has 0 bridgehead atoms. The van der Waals surface area contributed by atoms with Gasteiger partial charge in [-0.15, -0.1) is 0 Å². The van der Waals surface area contributed by atoms with E-state index in [0.717, 1.165) is 24.0 Å². The molecule has 2 aliphatic rings. The number of sulfonamides is 1. The number of nitrogens with one attached hydrogen (secondary N) is 1. The van der Waals surface area contributed by atoms with Crippen LogP contribution in [0.5, 0.6) is 5.75 Å². The molecule has 2 aromatic carbocycles. The zero-order chi connectivity index (χ0) is 22.0. The second-order valence-corrected chi connectivity index (χ2v) is 9.71. The summed E-state index contributed by atoms with van der Waals surface area (Å²) < 4.78 is 32.7. The highest BCUT2D eigenvalue weighted by molar-refractivity contribution is 7.89. The Labute approximate surface area is 181 Å². The van der Waals surface area contributed by atoms with Crippen molar-refractivity contribution in [2.24, 2.45) is 0 Å². The van der Waals surface area contributed by atoms with E-state index in [2.05, 4.69) is 5.32 Å². The quantitative estimate of drug-likeness (QED) is 0.735. The van der Waals surface area contributed by atoms with Crippen LogP contribution < -0.4 is 15.0 Å². The van der Waals surface area contributed by atoms with Gasteiger partial charge < -0.3 is 10.1 Å². The molecular weight excluding hydrogens is 418 g/mol. The Kier molecular flexibility index (Phi) is 5.97. The van der Waals surface area contributed by atoms with Crippen molar-refractivity contribution in [3.8, 4) is 5.75 Å². The van der Waals surface area contributed by atoms with E-state index >= 15 is 0 Å². The zero-order valence-corrected chi connectivity index (χ0v) is 18.2. The number of aryl methyl sites for hydroxylation is 1. The van der Waals surface area contributed by atoms with Crippen molar-refractivity contribution in [1.29, 1.82) is 0 Å². The van der Waals surface area contributed by atoms with Crippen LogP contribution >= 0.6 is 0 Å². The molecule has 0 aromatic heterocycles. The van der Waals surface area contributed by atoms with Crippen molar-refractivity contribution in [2.45, 2.75) is 31.2 Å². The highest BCUT2D eigenvalue weighted by Crippen LogP contribution is 2.35. The first kappa shape index (κ1) is 21.3. The van der Waals surface area contributed by atoms with Crippen LogP contribution in [-0.4, -0.2) is 50.8 Å². The van der Waals surface area contributed by atoms with Gasteiger partial charge in [-0.2, -0.15) is 4.31 Å². The second kappa shape index (κ2) is 8.68. The molecule has 2 amide bonds. The first-order valence-electron chi connectivity index (χ1n) is 10.2. The number of hydrogen-bond acceptors (Lipinski definition) is 5. The van der Waals surface area contributed by atoms with Crippen LogP contribution in [0.1, 0.15) is 24.0 Å². The van der Waals surface area contributed by atoms with Gasteiger partial charge in [0.1, 0.15) is 12.3 Å².